The Balaban J connectivity index is 1.69. The van der Waals surface area contributed by atoms with E-state index in [1.165, 1.54) is 11.3 Å². The number of nitrogens with zero attached hydrogens (tertiary/aromatic N) is 5. The molecular formula is C21H17N5. The van der Waals surface area contributed by atoms with Crippen LogP contribution in [0.5, 0.6) is 0 Å². The van der Waals surface area contributed by atoms with Gasteiger partial charge in [0.1, 0.15) is 0 Å². The van der Waals surface area contributed by atoms with Gasteiger partial charge in [-0.05, 0) is 49.6 Å². The van der Waals surface area contributed by atoms with Crippen molar-refractivity contribution in [2.75, 3.05) is 0 Å². The molecule has 0 aliphatic heterocycles. The molecule has 4 aromatic rings. The maximum Gasteiger partial charge on any atom is 0.159 e. The van der Waals surface area contributed by atoms with Gasteiger partial charge in [-0.1, -0.05) is 18.2 Å². The topological polar surface area (TPSA) is 56.5 Å². The minimum atomic E-state index is 0.728. The third-order valence-corrected chi connectivity index (χ3v) is 4.83. The quantitative estimate of drug-likeness (QED) is 0.557. The van der Waals surface area contributed by atoms with Gasteiger partial charge >= 0.3 is 0 Å². The molecule has 5 nitrogen and oxygen atoms in total. The Kier molecular flexibility index (Phi) is 3.38. The molecule has 1 aliphatic rings. The van der Waals surface area contributed by atoms with Gasteiger partial charge in [-0.25, -0.2) is 14.6 Å². The first kappa shape index (κ1) is 15.0. The molecule has 3 aromatic heterocycles. The van der Waals surface area contributed by atoms with E-state index >= 15 is 0 Å². The fourth-order valence-corrected chi connectivity index (χ4v) is 3.60. The molecule has 5 rings (SSSR count). The molecular weight excluding hydrogens is 322 g/mol. The highest BCUT2D eigenvalue weighted by Gasteiger charge is 2.26. The van der Waals surface area contributed by atoms with Crippen molar-refractivity contribution >= 4 is 0 Å². The summed E-state index contributed by atoms with van der Waals surface area (Å²) in [4.78, 5) is 13.5. The van der Waals surface area contributed by atoms with Gasteiger partial charge in [0.25, 0.3) is 0 Å². The molecule has 1 aromatic carbocycles. The average molecular weight is 339 g/mol. The second kappa shape index (κ2) is 5.88. The Morgan fingerprint density at radius 3 is 2.58 bits per heavy atom. The Morgan fingerprint density at radius 2 is 1.77 bits per heavy atom. The van der Waals surface area contributed by atoms with E-state index in [1.807, 2.05) is 36.5 Å². The van der Waals surface area contributed by atoms with E-state index in [-0.39, 0.29) is 0 Å². The molecule has 0 saturated heterocycles. The van der Waals surface area contributed by atoms with Crippen molar-refractivity contribution in [2.45, 2.75) is 19.8 Å². The summed E-state index contributed by atoms with van der Waals surface area (Å²) in [5, 5.41) is 4.81. The number of hydrogen-bond acceptors (Lipinski definition) is 4. The number of rotatable bonds is 2. The highest BCUT2D eigenvalue weighted by molar-refractivity contribution is 5.73. The monoisotopic (exact) mass is 339 g/mol. The molecule has 3 heterocycles. The Labute approximate surface area is 151 Å². The summed E-state index contributed by atoms with van der Waals surface area (Å²) in [7, 11) is 0. The Hall–Kier alpha value is -3.34. The van der Waals surface area contributed by atoms with Crippen LogP contribution in [0.15, 0.2) is 61.1 Å². The summed E-state index contributed by atoms with van der Waals surface area (Å²) in [6, 6.07) is 14.2. The second-order valence-electron chi connectivity index (χ2n) is 6.46. The summed E-state index contributed by atoms with van der Waals surface area (Å²) < 4.78 is 2.06. The van der Waals surface area contributed by atoms with Gasteiger partial charge in [-0.15, -0.1) is 0 Å². The summed E-state index contributed by atoms with van der Waals surface area (Å²) in [6.07, 6.45) is 7.36. The highest BCUT2D eigenvalue weighted by Crippen LogP contribution is 2.36. The molecule has 0 fully saturated rings. The van der Waals surface area contributed by atoms with Crippen LogP contribution < -0.4 is 0 Å². The van der Waals surface area contributed by atoms with E-state index in [4.69, 9.17) is 10.1 Å². The van der Waals surface area contributed by atoms with Gasteiger partial charge in [0.2, 0.25) is 0 Å². The minimum Gasteiger partial charge on any atom is -0.265 e. The second-order valence-corrected chi connectivity index (χ2v) is 6.46. The smallest absolute Gasteiger partial charge is 0.159 e. The Bertz CT molecular complexity index is 1080. The van der Waals surface area contributed by atoms with Gasteiger partial charge in [-0.2, -0.15) is 5.10 Å². The van der Waals surface area contributed by atoms with Crippen molar-refractivity contribution in [1.29, 1.82) is 0 Å². The number of pyridine rings is 1. The van der Waals surface area contributed by atoms with Crippen LogP contribution in [0, 0.1) is 6.92 Å². The van der Waals surface area contributed by atoms with Crippen molar-refractivity contribution < 1.29 is 0 Å². The van der Waals surface area contributed by atoms with Gasteiger partial charge in [0.15, 0.2) is 5.82 Å². The molecule has 26 heavy (non-hydrogen) atoms. The zero-order valence-corrected chi connectivity index (χ0v) is 14.4. The van der Waals surface area contributed by atoms with Crippen LogP contribution in [0.3, 0.4) is 0 Å². The maximum absolute atomic E-state index is 4.90. The van der Waals surface area contributed by atoms with Crippen LogP contribution in [0.4, 0.5) is 0 Å². The summed E-state index contributed by atoms with van der Waals surface area (Å²) in [6.45, 7) is 2.06. The minimum absolute atomic E-state index is 0.728. The average Bonchev–Trinajstić information content (AvgIpc) is 3.06. The molecule has 0 spiro atoms. The molecule has 5 heteroatoms. The lowest BCUT2D eigenvalue weighted by molar-refractivity contribution is 0.772. The predicted molar refractivity (Wildman–Crippen MR) is 100.0 cm³/mol. The van der Waals surface area contributed by atoms with Crippen LogP contribution >= 0.6 is 0 Å². The predicted octanol–water partition coefficient (Wildman–Crippen LogP) is 3.80. The van der Waals surface area contributed by atoms with Gasteiger partial charge in [0, 0.05) is 29.7 Å². The van der Waals surface area contributed by atoms with E-state index < -0.39 is 0 Å². The third-order valence-electron chi connectivity index (χ3n) is 4.83. The van der Waals surface area contributed by atoms with E-state index in [0.717, 1.165) is 46.9 Å². The summed E-state index contributed by atoms with van der Waals surface area (Å²) in [5.41, 5.74) is 7.63. The lowest BCUT2D eigenvalue weighted by atomic mass is 9.93. The fourth-order valence-electron chi connectivity index (χ4n) is 3.60. The Morgan fingerprint density at radius 1 is 0.962 bits per heavy atom. The van der Waals surface area contributed by atoms with Crippen molar-refractivity contribution in [1.82, 2.24) is 24.7 Å². The molecule has 126 valence electrons. The molecule has 0 radical (unpaired) electrons. The van der Waals surface area contributed by atoms with E-state index in [2.05, 4.69) is 33.7 Å². The largest absolute Gasteiger partial charge is 0.265 e. The zero-order chi connectivity index (χ0) is 17.5. The molecule has 1 aliphatic carbocycles. The number of fused-ring (bicyclic) bond motifs is 3. The van der Waals surface area contributed by atoms with Crippen LogP contribution in [0.2, 0.25) is 0 Å². The number of hydrogen-bond donors (Lipinski definition) is 0. The molecule has 0 saturated carbocycles. The third kappa shape index (κ3) is 2.32. The van der Waals surface area contributed by atoms with Gasteiger partial charge in [0.05, 0.1) is 22.8 Å². The first-order chi connectivity index (χ1) is 12.8. The van der Waals surface area contributed by atoms with Crippen molar-refractivity contribution in [3.8, 4) is 28.3 Å². The van der Waals surface area contributed by atoms with Crippen molar-refractivity contribution in [3.63, 3.8) is 0 Å². The maximum atomic E-state index is 4.90. The number of aryl methyl sites for hydroxylation is 2. The number of benzene rings is 1. The van der Waals surface area contributed by atoms with E-state index in [9.17, 15) is 0 Å². The SMILES string of the molecule is Cc1nn(-c2ccccc2)c2c1-c1nc(-c3ccncc3)ncc1CC2. The standard InChI is InChI=1S/C21H17N5/c1-14-19-18(26(25-14)17-5-3-2-4-6-17)8-7-16-13-23-21(24-20(16)19)15-9-11-22-12-10-15/h2-6,9-13H,7-8H2,1H3. The van der Waals surface area contributed by atoms with Gasteiger partial charge in [-0.3, -0.25) is 4.98 Å². The van der Waals surface area contributed by atoms with E-state index in [1.54, 1.807) is 12.4 Å². The lowest BCUT2D eigenvalue weighted by Gasteiger charge is -2.18. The van der Waals surface area contributed by atoms with Crippen LogP contribution in [-0.2, 0) is 12.8 Å². The summed E-state index contributed by atoms with van der Waals surface area (Å²) >= 11 is 0. The molecule has 0 atom stereocenters. The first-order valence-corrected chi connectivity index (χ1v) is 8.72. The first-order valence-electron chi connectivity index (χ1n) is 8.72. The van der Waals surface area contributed by atoms with Crippen molar-refractivity contribution in [2.24, 2.45) is 0 Å². The normalized spacial score (nSPS) is 12.5. The van der Waals surface area contributed by atoms with Gasteiger partial charge < -0.3 is 0 Å². The highest BCUT2D eigenvalue weighted by atomic mass is 15.3. The molecule has 0 amide bonds. The number of para-hydroxylation sites is 1. The lowest BCUT2D eigenvalue weighted by Crippen LogP contribution is -2.11. The van der Waals surface area contributed by atoms with Crippen LogP contribution in [-0.4, -0.2) is 24.7 Å². The summed E-state index contributed by atoms with van der Waals surface area (Å²) in [5.74, 6) is 0.728. The molecule has 0 N–H and O–H groups in total. The van der Waals surface area contributed by atoms with Crippen LogP contribution in [0.25, 0.3) is 28.3 Å². The van der Waals surface area contributed by atoms with Crippen LogP contribution in [0.1, 0.15) is 17.0 Å². The zero-order valence-electron chi connectivity index (χ0n) is 14.4. The molecule has 0 bridgehead atoms. The number of aromatic nitrogens is 5. The molecule has 0 unspecified atom stereocenters. The van der Waals surface area contributed by atoms with Crippen molar-refractivity contribution in [3.05, 3.63) is 78.0 Å². The van der Waals surface area contributed by atoms with E-state index in [0.29, 0.717) is 0 Å². The fraction of sp³-hybridized carbons (Fsp3) is 0.143.